The van der Waals surface area contributed by atoms with Crippen LogP contribution in [0.15, 0.2) is 29.2 Å². The lowest BCUT2D eigenvalue weighted by Crippen LogP contribution is -2.30. The number of nitrogens with one attached hydrogen (secondary N) is 1. The van der Waals surface area contributed by atoms with E-state index in [-0.39, 0.29) is 5.75 Å². The summed E-state index contributed by atoms with van der Waals surface area (Å²) < 4.78 is 23.6. The zero-order chi connectivity index (χ0) is 15.3. The van der Waals surface area contributed by atoms with E-state index < -0.39 is 9.84 Å². The van der Waals surface area contributed by atoms with Crippen LogP contribution in [0.2, 0.25) is 0 Å². The molecule has 2 rings (SSSR count). The van der Waals surface area contributed by atoms with Crippen LogP contribution in [0.25, 0.3) is 0 Å². The molecule has 0 spiro atoms. The van der Waals surface area contributed by atoms with Gasteiger partial charge in [0.15, 0.2) is 9.84 Å². The van der Waals surface area contributed by atoms with Gasteiger partial charge in [-0.1, -0.05) is 33.1 Å². The zero-order valence-electron chi connectivity index (χ0n) is 13.1. The predicted molar refractivity (Wildman–Crippen MR) is 88.4 cm³/mol. The first-order valence-electron chi connectivity index (χ1n) is 8.16. The Labute approximate surface area is 129 Å². The van der Waals surface area contributed by atoms with Gasteiger partial charge in [-0.2, -0.15) is 0 Å². The number of anilines is 1. The van der Waals surface area contributed by atoms with E-state index >= 15 is 0 Å². The average Bonchev–Trinajstić information content (AvgIpc) is 2.54. The summed E-state index contributed by atoms with van der Waals surface area (Å²) >= 11 is 0. The maximum absolute atomic E-state index is 11.8. The standard InChI is InChI=1S/C17H27NO2S/c1-3-17(14-8-6-5-7-9-14)18-15-10-12-16(13-11-15)21(19,20)4-2/h10-14,17-18H,3-9H2,1-2H3. The van der Waals surface area contributed by atoms with Gasteiger partial charge in [-0.15, -0.1) is 0 Å². The largest absolute Gasteiger partial charge is 0.382 e. The molecule has 3 nitrogen and oxygen atoms in total. The van der Waals surface area contributed by atoms with Crippen molar-refractivity contribution in [1.29, 1.82) is 0 Å². The normalized spacial score (nSPS) is 18.4. The first-order valence-corrected chi connectivity index (χ1v) is 9.81. The first-order chi connectivity index (χ1) is 10.1. The molecule has 0 bridgehead atoms. The Morgan fingerprint density at radius 3 is 2.24 bits per heavy atom. The van der Waals surface area contributed by atoms with E-state index in [1.807, 2.05) is 12.1 Å². The monoisotopic (exact) mass is 309 g/mol. The fraction of sp³-hybridized carbons (Fsp3) is 0.647. The Hall–Kier alpha value is -1.03. The number of rotatable bonds is 6. The highest BCUT2D eigenvalue weighted by Gasteiger charge is 2.22. The lowest BCUT2D eigenvalue weighted by atomic mass is 9.83. The minimum absolute atomic E-state index is 0.152. The minimum Gasteiger partial charge on any atom is -0.382 e. The van der Waals surface area contributed by atoms with Crippen LogP contribution in [0.3, 0.4) is 0 Å². The number of sulfone groups is 1. The van der Waals surface area contributed by atoms with Crippen LogP contribution in [0, 0.1) is 5.92 Å². The Morgan fingerprint density at radius 1 is 1.10 bits per heavy atom. The van der Waals surface area contributed by atoms with Gasteiger partial charge in [-0.3, -0.25) is 0 Å². The van der Waals surface area contributed by atoms with Crippen LogP contribution in [0.1, 0.15) is 52.4 Å². The molecule has 0 aliphatic heterocycles. The molecule has 1 aromatic carbocycles. The first kappa shape index (κ1) is 16.3. The summed E-state index contributed by atoms with van der Waals surface area (Å²) in [6.45, 7) is 3.90. The van der Waals surface area contributed by atoms with Crippen molar-refractivity contribution in [2.75, 3.05) is 11.1 Å². The molecular formula is C17H27NO2S. The Bertz CT molecular complexity index is 530. The van der Waals surface area contributed by atoms with E-state index in [0.29, 0.717) is 10.9 Å². The van der Waals surface area contributed by atoms with Gasteiger partial charge in [-0.25, -0.2) is 8.42 Å². The molecule has 21 heavy (non-hydrogen) atoms. The van der Waals surface area contributed by atoms with Crippen molar-refractivity contribution in [3.8, 4) is 0 Å². The van der Waals surface area contributed by atoms with Gasteiger partial charge >= 0.3 is 0 Å². The van der Waals surface area contributed by atoms with Crippen LogP contribution in [-0.2, 0) is 9.84 Å². The Morgan fingerprint density at radius 2 is 1.71 bits per heavy atom. The molecule has 1 unspecified atom stereocenters. The summed E-state index contributed by atoms with van der Waals surface area (Å²) in [4.78, 5) is 0.418. The third-order valence-corrected chi connectivity index (χ3v) is 6.35. The van der Waals surface area contributed by atoms with Crippen LogP contribution in [-0.4, -0.2) is 20.2 Å². The smallest absolute Gasteiger partial charge is 0.178 e. The van der Waals surface area contributed by atoms with Gasteiger partial charge in [-0.05, 0) is 49.4 Å². The van der Waals surface area contributed by atoms with Crippen molar-refractivity contribution in [3.05, 3.63) is 24.3 Å². The third-order valence-electron chi connectivity index (χ3n) is 4.60. The van der Waals surface area contributed by atoms with Crippen molar-refractivity contribution in [2.45, 2.75) is 63.3 Å². The van der Waals surface area contributed by atoms with E-state index in [4.69, 9.17) is 0 Å². The Balaban J connectivity index is 2.04. The summed E-state index contributed by atoms with van der Waals surface area (Å²) in [6, 6.07) is 7.73. The van der Waals surface area contributed by atoms with E-state index in [9.17, 15) is 8.42 Å². The van der Waals surface area contributed by atoms with Crippen molar-refractivity contribution in [3.63, 3.8) is 0 Å². The highest BCUT2D eigenvalue weighted by molar-refractivity contribution is 7.91. The van der Waals surface area contributed by atoms with Crippen LogP contribution in [0.4, 0.5) is 5.69 Å². The average molecular weight is 309 g/mol. The molecule has 0 aromatic heterocycles. The summed E-state index contributed by atoms with van der Waals surface area (Å²) in [5.74, 6) is 0.905. The molecule has 0 radical (unpaired) electrons. The molecule has 118 valence electrons. The van der Waals surface area contributed by atoms with Crippen molar-refractivity contribution in [2.24, 2.45) is 5.92 Å². The van der Waals surface area contributed by atoms with Crippen LogP contribution >= 0.6 is 0 Å². The molecule has 0 heterocycles. The molecule has 4 heteroatoms. The van der Waals surface area contributed by atoms with Gasteiger partial charge in [0.1, 0.15) is 0 Å². The molecule has 0 amide bonds. The number of hydrogen-bond donors (Lipinski definition) is 1. The lowest BCUT2D eigenvalue weighted by molar-refractivity contribution is 0.313. The molecule has 1 saturated carbocycles. The lowest BCUT2D eigenvalue weighted by Gasteiger charge is -2.31. The number of hydrogen-bond acceptors (Lipinski definition) is 3. The fourth-order valence-electron chi connectivity index (χ4n) is 3.23. The highest BCUT2D eigenvalue weighted by atomic mass is 32.2. The van der Waals surface area contributed by atoms with Gasteiger partial charge in [0, 0.05) is 11.7 Å². The molecule has 1 atom stereocenters. The molecular weight excluding hydrogens is 282 g/mol. The molecule has 1 aliphatic rings. The molecule has 1 aromatic rings. The number of benzene rings is 1. The van der Waals surface area contributed by atoms with Gasteiger partial charge in [0.05, 0.1) is 10.6 Å². The van der Waals surface area contributed by atoms with Crippen molar-refractivity contribution >= 4 is 15.5 Å². The SMILES string of the molecule is CCC(Nc1ccc(S(=O)(=O)CC)cc1)C1CCCCC1. The van der Waals surface area contributed by atoms with E-state index in [0.717, 1.165) is 18.0 Å². The second kappa shape index (κ2) is 7.30. The zero-order valence-corrected chi connectivity index (χ0v) is 14.0. The van der Waals surface area contributed by atoms with Crippen LogP contribution < -0.4 is 5.32 Å². The van der Waals surface area contributed by atoms with Gasteiger partial charge in [0.25, 0.3) is 0 Å². The van der Waals surface area contributed by atoms with Crippen molar-refractivity contribution < 1.29 is 8.42 Å². The van der Waals surface area contributed by atoms with E-state index in [1.165, 1.54) is 32.1 Å². The second-order valence-electron chi connectivity index (χ2n) is 5.98. The molecule has 1 N–H and O–H groups in total. The maximum atomic E-state index is 11.8. The van der Waals surface area contributed by atoms with E-state index in [2.05, 4.69) is 12.2 Å². The highest BCUT2D eigenvalue weighted by Crippen LogP contribution is 2.29. The molecule has 0 saturated heterocycles. The topological polar surface area (TPSA) is 46.2 Å². The van der Waals surface area contributed by atoms with Gasteiger partial charge < -0.3 is 5.32 Å². The van der Waals surface area contributed by atoms with Gasteiger partial charge in [0.2, 0.25) is 0 Å². The summed E-state index contributed by atoms with van der Waals surface area (Å²) in [5.41, 5.74) is 1.03. The van der Waals surface area contributed by atoms with Crippen molar-refractivity contribution in [1.82, 2.24) is 0 Å². The van der Waals surface area contributed by atoms with Crippen LogP contribution in [0.5, 0.6) is 0 Å². The minimum atomic E-state index is -3.10. The van der Waals surface area contributed by atoms with E-state index in [1.54, 1.807) is 19.1 Å². The second-order valence-corrected chi connectivity index (χ2v) is 8.26. The fourth-order valence-corrected chi connectivity index (χ4v) is 4.11. The maximum Gasteiger partial charge on any atom is 0.178 e. The summed E-state index contributed by atoms with van der Waals surface area (Å²) in [7, 11) is -3.10. The third kappa shape index (κ3) is 4.22. The Kier molecular flexibility index (Phi) is 5.68. The quantitative estimate of drug-likeness (QED) is 0.854. The predicted octanol–water partition coefficient (Wildman–Crippen LogP) is 4.25. The molecule has 1 aliphatic carbocycles. The summed E-state index contributed by atoms with van der Waals surface area (Å²) in [6.07, 6.45) is 7.80. The molecule has 1 fully saturated rings. The summed E-state index contributed by atoms with van der Waals surface area (Å²) in [5, 5.41) is 3.60.